The van der Waals surface area contributed by atoms with Crippen LogP contribution in [0.4, 0.5) is 0 Å². The molecule has 0 amide bonds. The molecule has 78 valence electrons. The number of hydrogen-bond acceptors (Lipinski definition) is 4. The smallest absolute Gasteiger partial charge is 0.124 e. The molecule has 14 heavy (non-hydrogen) atoms. The first-order chi connectivity index (χ1) is 6.58. The highest BCUT2D eigenvalue weighted by atomic mass is 32.1. The van der Waals surface area contributed by atoms with Crippen LogP contribution in [0.25, 0.3) is 0 Å². The van der Waals surface area contributed by atoms with Crippen LogP contribution in [0.15, 0.2) is 11.6 Å². The molecule has 2 atom stereocenters. The van der Waals surface area contributed by atoms with E-state index in [1.165, 1.54) is 0 Å². The number of nitrogens with zero attached hydrogens (tertiary/aromatic N) is 1. The first-order valence-electron chi connectivity index (χ1n) is 4.88. The third-order valence-corrected chi connectivity index (χ3v) is 3.94. The Bertz CT molecular complexity index is 314. The van der Waals surface area contributed by atoms with Gasteiger partial charge in [0.1, 0.15) is 10.6 Å². The molecule has 1 aliphatic rings. The van der Waals surface area contributed by atoms with E-state index >= 15 is 0 Å². The molecule has 3 nitrogen and oxygen atoms in total. The number of nitrogens with two attached hydrogens (primary N) is 1. The van der Waals surface area contributed by atoms with Crippen LogP contribution in [0.3, 0.4) is 0 Å². The largest absolute Gasteiger partial charge is 0.361 e. The Morgan fingerprint density at radius 3 is 2.86 bits per heavy atom. The fourth-order valence-electron chi connectivity index (χ4n) is 1.93. The quantitative estimate of drug-likeness (QED) is 0.814. The van der Waals surface area contributed by atoms with E-state index in [0.717, 1.165) is 17.8 Å². The number of ether oxygens (including phenoxy) is 1. The first-order valence-corrected chi connectivity index (χ1v) is 5.76. The lowest BCUT2D eigenvalue weighted by Gasteiger charge is -2.27. The van der Waals surface area contributed by atoms with E-state index in [4.69, 9.17) is 10.5 Å². The summed E-state index contributed by atoms with van der Waals surface area (Å²) >= 11 is 1.65. The molecule has 0 aliphatic carbocycles. The van der Waals surface area contributed by atoms with Crippen molar-refractivity contribution in [3.8, 4) is 0 Å². The molecule has 2 N–H and O–H groups in total. The van der Waals surface area contributed by atoms with Gasteiger partial charge >= 0.3 is 0 Å². The number of thiazole rings is 1. The zero-order valence-corrected chi connectivity index (χ0v) is 9.43. The molecule has 0 saturated carbocycles. The normalized spacial score (nSPS) is 37.6. The van der Waals surface area contributed by atoms with E-state index in [0.29, 0.717) is 6.54 Å². The van der Waals surface area contributed by atoms with Crippen LogP contribution in [-0.4, -0.2) is 17.1 Å². The predicted molar refractivity (Wildman–Crippen MR) is 57.2 cm³/mol. The van der Waals surface area contributed by atoms with Crippen LogP contribution in [0, 0.1) is 0 Å². The summed E-state index contributed by atoms with van der Waals surface area (Å²) in [4.78, 5) is 4.32. The molecular weight excluding hydrogens is 196 g/mol. The van der Waals surface area contributed by atoms with Gasteiger partial charge in [-0.15, -0.1) is 11.3 Å². The highest BCUT2D eigenvalue weighted by molar-refractivity contribution is 7.09. The van der Waals surface area contributed by atoms with Gasteiger partial charge in [-0.3, -0.25) is 0 Å². The highest BCUT2D eigenvalue weighted by Crippen LogP contribution is 2.44. The summed E-state index contributed by atoms with van der Waals surface area (Å²) in [5.41, 5.74) is 5.31. The summed E-state index contributed by atoms with van der Waals surface area (Å²) in [5.74, 6) is 0. The van der Waals surface area contributed by atoms with Gasteiger partial charge in [0.2, 0.25) is 0 Å². The Balaban J connectivity index is 2.21. The van der Waals surface area contributed by atoms with E-state index in [9.17, 15) is 0 Å². The third kappa shape index (κ3) is 1.58. The Hall–Kier alpha value is -0.450. The second-order valence-corrected chi connectivity index (χ2v) is 5.22. The number of aromatic nitrogens is 1. The average molecular weight is 212 g/mol. The van der Waals surface area contributed by atoms with Crippen molar-refractivity contribution in [1.29, 1.82) is 0 Å². The van der Waals surface area contributed by atoms with Crippen LogP contribution < -0.4 is 5.73 Å². The lowest BCUT2D eigenvalue weighted by Crippen LogP contribution is -2.36. The summed E-state index contributed by atoms with van der Waals surface area (Å²) in [6.45, 7) is 4.76. The summed E-state index contributed by atoms with van der Waals surface area (Å²) in [7, 11) is 0. The average Bonchev–Trinajstić information content (AvgIpc) is 2.75. The maximum atomic E-state index is 6.05. The fraction of sp³-hybridized carbons (Fsp3) is 0.700. The molecule has 1 aliphatic heterocycles. The van der Waals surface area contributed by atoms with Gasteiger partial charge in [0.15, 0.2) is 0 Å². The minimum atomic E-state index is -0.220. The molecule has 0 aromatic carbocycles. The summed E-state index contributed by atoms with van der Waals surface area (Å²) < 4.78 is 6.05. The van der Waals surface area contributed by atoms with Crippen molar-refractivity contribution in [3.63, 3.8) is 0 Å². The second kappa shape index (κ2) is 3.29. The maximum Gasteiger partial charge on any atom is 0.124 e. The second-order valence-electron chi connectivity index (χ2n) is 4.32. The van der Waals surface area contributed by atoms with E-state index in [-0.39, 0.29) is 11.2 Å². The zero-order valence-electron chi connectivity index (χ0n) is 8.62. The van der Waals surface area contributed by atoms with Gasteiger partial charge in [0.05, 0.1) is 5.60 Å². The van der Waals surface area contributed by atoms with Crippen LogP contribution in [0.5, 0.6) is 0 Å². The zero-order chi connectivity index (χ0) is 10.2. The summed E-state index contributed by atoms with van der Waals surface area (Å²) in [6, 6.07) is 0. The maximum absolute atomic E-state index is 6.05. The molecule has 0 radical (unpaired) electrons. The van der Waals surface area contributed by atoms with Crippen molar-refractivity contribution < 1.29 is 4.74 Å². The van der Waals surface area contributed by atoms with E-state index in [2.05, 4.69) is 18.8 Å². The first kappa shape index (κ1) is 10.1. The van der Waals surface area contributed by atoms with Gasteiger partial charge in [-0.25, -0.2) is 4.98 Å². The van der Waals surface area contributed by atoms with Crippen molar-refractivity contribution in [2.24, 2.45) is 5.73 Å². The van der Waals surface area contributed by atoms with Crippen molar-refractivity contribution in [3.05, 3.63) is 16.6 Å². The number of rotatable bonds is 2. The molecule has 2 heterocycles. The molecule has 1 fully saturated rings. The minimum absolute atomic E-state index is 0.166. The molecule has 0 bridgehead atoms. The topological polar surface area (TPSA) is 48.1 Å². The molecule has 1 aromatic heterocycles. The Kier molecular flexibility index (Phi) is 2.37. The van der Waals surface area contributed by atoms with Crippen LogP contribution in [0.2, 0.25) is 0 Å². The summed E-state index contributed by atoms with van der Waals surface area (Å²) in [6.07, 6.45) is 3.85. The Labute approximate surface area is 88.3 Å². The molecule has 2 unspecified atom stereocenters. The molecule has 1 saturated heterocycles. The lowest BCUT2D eigenvalue weighted by molar-refractivity contribution is -0.0841. The van der Waals surface area contributed by atoms with Crippen molar-refractivity contribution in [1.82, 2.24) is 4.98 Å². The van der Waals surface area contributed by atoms with Gasteiger partial charge in [-0.05, 0) is 26.7 Å². The van der Waals surface area contributed by atoms with Crippen LogP contribution in [0.1, 0.15) is 31.7 Å². The lowest BCUT2D eigenvalue weighted by atomic mass is 9.99. The fourth-order valence-corrected chi connectivity index (χ4v) is 2.69. The number of hydrogen-bond donors (Lipinski definition) is 1. The molecule has 0 spiro atoms. The summed E-state index contributed by atoms with van der Waals surface area (Å²) in [5, 5.41) is 3.05. The standard InChI is InChI=1S/C10H16N2OS/c1-9(7-11)3-4-10(2,13-9)8-12-5-6-14-8/h5-6H,3-4,7,11H2,1-2H3. The Morgan fingerprint density at radius 1 is 1.57 bits per heavy atom. The Morgan fingerprint density at radius 2 is 2.36 bits per heavy atom. The monoisotopic (exact) mass is 212 g/mol. The molecule has 2 rings (SSSR count). The van der Waals surface area contributed by atoms with Crippen molar-refractivity contribution in [2.75, 3.05) is 6.54 Å². The molecule has 4 heteroatoms. The van der Waals surface area contributed by atoms with Crippen molar-refractivity contribution in [2.45, 2.75) is 37.9 Å². The van der Waals surface area contributed by atoms with Crippen LogP contribution in [-0.2, 0) is 10.3 Å². The van der Waals surface area contributed by atoms with E-state index in [1.807, 2.05) is 11.6 Å². The van der Waals surface area contributed by atoms with Crippen LogP contribution >= 0.6 is 11.3 Å². The third-order valence-electron chi connectivity index (χ3n) is 2.92. The molecular formula is C10H16N2OS. The molecule has 1 aromatic rings. The van der Waals surface area contributed by atoms with Crippen molar-refractivity contribution >= 4 is 11.3 Å². The minimum Gasteiger partial charge on any atom is -0.361 e. The SMILES string of the molecule is CC1(CN)CCC(C)(c2nccs2)O1. The van der Waals surface area contributed by atoms with Gasteiger partial charge in [0, 0.05) is 18.1 Å². The predicted octanol–water partition coefficient (Wildman–Crippen LogP) is 1.89. The van der Waals surface area contributed by atoms with E-state index in [1.54, 1.807) is 11.3 Å². The van der Waals surface area contributed by atoms with Gasteiger partial charge in [0.25, 0.3) is 0 Å². The van der Waals surface area contributed by atoms with Gasteiger partial charge in [-0.2, -0.15) is 0 Å². The van der Waals surface area contributed by atoms with Gasteiger partial charge < -0.3 is 10.5 Å². The van der Waals surface area contributed by atoms with E-state index < -0.39 is 0 Å². The highest BCUT2D eigenvalue weighted by Gasteiger charge is 2.45. The van der Waals surface area contributed by atoms with Gasteiger partial charge in [-0.1, -0.05) is 0 Å².